The van der Waals surface area contributed by atoms with E-state index >= 15 is 0 Å². The molecule has 2 heterocycles. The maximum Gasteiger partial charge on any atom is 0.239 e. The van der Waals surface area contributed by atoms with E-state index in [1.165, 1.54) is 10.5 Å². The molecule has 0 aromatic heterocycles. The number of likely N-dealkylation sites (N-methyl/N-ethyl adjacent to an activating group) is 1. The van der Waals surface area contributed by atoms with E-state index < -0.39 is 5.54 Å². The second-order valence-electron chi connectivity index (χ2n) is 7.24. The minimum absolute atomic E-state index is 0.0101. The molecule has 1 amide bonds. The predicted octanol–water partition coefficient (Wildman–Crippen LogP) is 4.18. The van der Waals surface area contributed by atoms with Gasteiger partial charge in [-0.25, -0.2) is 4.99 Å². The SMILES string of the molecule is CC(C)c1ccc([C@H]2C(=O)N(C)C(N)=N[C@]2(C)C2CC(Br)=CS2)cc1. The van der Waals surface area contributed by atoms with Crippen LogP contribution in [0.2, 0.25) is 0 Å². The van der Waals surface area contributed by atoms with E-state index in [0.29, 0.717) is 11.9 Å². The quantitative estimate of drug-likeness (QED) is 0.795. The van der Waals surface area contributed by atoms with Crippen LogP contribution in [-0.4, -0.2) is 34.6 Å². The number of nitrogens with two attached hydrogens (primary N) is 1. The number of amides is 1. The third-order valence-electron chi connectivity index (χ3n) is 5.19. The van der Waals surface area contributed by atoms with Crippen LogP contribution < -0.4 is 5.73 Å². The van der Waals surface area contributed by atoms with Crippen LogP contribution in [0.1, 0.15) is 50.2 Å². The van der Waals surface area contributed by atoms with Crippen LogP contribution in [0.25, 0.3) is 0 Å². The lowest BCUT2D eigenvalue weighted by Crippen LogP contribution is -2.57. The lowest BCUT2D eigenvalue weighted by molar-refractivity contribution is -0.130. The molecule has 0 aliphatic carbocycles. The Morgan fingerprint density at radius 2 is 2.00 bits per heavy atom. The molecule has 2 aliphatic heterocycles. The van der Waals surface area contributed by atoms with Crippen molar-refractivity contribution in [3.8, 4) is 0 Å². The van der Waals surface area contributed by atoms with Crippen molar-refractivity contribution in [2.75, 3.05) is 7.05 Å². The molecule has 1 unspecified atom stereocenters. The number of guanidine groups is 1. The van der Waals surface area contributed by atoms with Gasteiger partial charge in [0.2, 0.25) is 5.91 Å². The van der Waals surface area contributed by atoms with Crippen molar-refractivity contribution < 1.29 is 4.79 Å². The summed E-state index contributed by atoms with van der Waals surface area (Å²) < 4.78 is 1.15. The Morgan fingerprint density at radius 1 is 1.36 bits per heavy atom. The molecule has 0 radical (unpaired) electrons. The van der Waals surface area contributed by atoms with Gasteiger partial charge in [0.1, 0.15) is 0 Å². The van der Waals surface area contributed by atoms with Crippen LogP contribution in [0.4, 0.5) is 0 Å². The highest BCUT2D eigenvalue weighted by Crippen LogP contribution is 2.49. The van der Waals surface area contributed by atoms with Gasteiger partial charge in [0, 0.05) is 16.8 Å². The third kappa shape index (κ3) is 3.26. The second kappa shape index (κ2) is 6.80. The van der Waals surface area contributed by atoms with Crippen molar-refractivity contribution in [3.05, 3.63) is 45.3 Å². The van der Waals surface area contributed by atoms with Crippen LogP contribution in [0, 0.1) is 0 Å². The Kier molecular flexibility index (Phi) is 5.04. The molecule has 0 fully saturated rings. The van der Waals surface area contributed by atoms with Crippen LogP contribution in [0.15, 0.2) is 39.1 Å². The number of hydrogen-bond acceptors (Lipinski definition) is 4. The molecule has 4 nitrogen and oxygen atoms in total. The molecule has 1 aromatic carbocycles. The van der Waals surface area contributed by atoms with Crippen molar-refractivity contribution in [3.63, 3.8) is 0 Å². The van der Waals surface area contributed by atoms with Gasteiger partial charge < -0.3 is 5.73 Å². The van der Waals surface area contributed by atoms with Crippen LogP contribution in [-0.2, 0) is 4.79 Å². The standard InChI is InChI=1S/C19H24BrN3OS/c1-11(2)12-5-7-13(8-6-12)16-17(24)23(4)18(21)22-19(16,3)15-9-14(20)10-25-15/h5-8,10-11,15-16H,9H2,1-4H3,(H2,21,22)/t15?,16-,19+/m0/s1. The molecule has 0 bridgehead atoms. The topological polar surface area (TPSA) is 58.7 Å². The number of nitrogens with zero attached hydrogens (tertiary/aromatic N) is 2. The summed E-state index contributed by atoms with van der Waals surface area (Å²) in [5.74, 6) is 0.432. The van der Waals surface area contributed by atoms with E-state index in [1.807, 2.05) is 0 Å². The average molecular weight is 422 g/mol. The van der Waals surface area contributed by atoms with Crippen LogP contribution in [0.5, 0.6) is 0 Å². The number of allylic oxidation sites excluding steroid dienone is 1. The Bertz CT molecular complexity index is 744. The maximum absolute atomic E-state index is 13.1. The van der Waals surface area contributed by atoms with Crippen molar-refractivity contribution in [2.45, 2.75) is 49.8 Å². The van der Waals surface area contributed by atoms with Crippen molar-refractivity contribution in [1.82, 2.24) is 4.90 Å². The van der Waals surface area contributed by atoms with E-state index in [2.05, 4.69) is 66.4 Å². The maximum atomic E-state index is 13.1. The Hall–Kier alpha value is -1.27. The zero-order valence-electron chi connectivity index (χ0n) is 15.0. The minimum Gasteiger partial charge on any atom is -0.369 e. The predicted molar refractivity (Wildman–Crippen MR) is 109 cm³/mol. The summed E-state index contributed by atoms with van der Waals surface area (Å²) in [6.07, 6.45) is 0.857. The molecule has 1 aromatic rings. The monoisotopic (exact) mass is 421 g/mol. The number of aliphatic imine (C=N–C) groups is 1. The van der Waals surface area contributed by atoms with Gasteiger partial charge in [0.15, 0.2) is 5.96 Å². The fourth-order valence-corrected chi connectivity index (χ4v) is 5.54. The van der Waals surface area contributed by atoms with Gasteiger partial charge in [0.05, 0.1) is 11.5 Å². The molecule has 3 atom stereocenters. The molecule has 2 aliphatic rings. The number of carbonyl (C=O) groups is 1. The molecule has 25 heavy (non-hydrogen) atoms. The molecule has 134 valence electrons. The number of halogens is 1. The first-order chi connectivity index (χ1) is 11.7. The molecule has 0 saturated heterocycles. The molecular formula is C19H24BrN3OS. The molecule has 3 rings (SSSR count). The van der Waals surface area contributed by atoms with E-state index in [9.17, 15) is 4.79 Å². The minimum atomic E-state index is -0.580. The number of carbonyl (C=O) groups excluding carboxylic acids is 1. The number of benzene rings is 1. The highest BCUT2D eigenvalue weighted by molar-refractivity contribution is 9.11. The van der Waals surface area contributed by atoms with Gasteiger partial charge in [-0.2, -0.15) is 0 Å². The summed E-state index contributed by atoms with van der Waals surface area (Å²) in [5.41, 5.74) is 7.76. The summed E-state index contributed by atoms with van der Waals surface area (Å²) in [6, 6.07) is 8.38. The molecule has 0 spiro atoms. The Labute approximate surface area is 162 Å². The molecular weight excluding hydrogens is 398 g/mol. The summed E-state index contributed by atoms with van der Waals surface area (Å²) in [4.78, 5) is 19.4. The van der Waals surface area contributed by atoms with Crippen molar-refractivity contribution >= 4 is 39.6 Å². The van der Waals surface area contributed by atoms with Gasteiger partial charge >= 0.3 is 0 Å². The fraction of sp³-hybridized carbons (Fsp3) is 0.474. The summed E-state index contributed by atoms with van der Waals surface area (Å²) in [7, 11) is 1.70. The van der Waals surface area contributed by atoms with Crippen molar-refractivity contribution in [1.29, 1.82) is 0 Å². The molecule has 0 saturated carbocycles. The Balaban J connectivity index is 2.05. The first kappa shape index (κ1) is 18.5. The van der Waals surface area contributed by atoms with Crippen molar-refractivity contribution in [2.24, 2.45) is 10.7 Å². The fourth-order valence-electron chi connectivity index (χ4n) is 3.53. The summed E-state index contributed by atoms with van der Waals surface area (Å²) >= 11 is 5.30. The first-order valence-electron chi connectivity index (χ1n) is 8.46. The van der Waals surface area contributed by atoms with Gasteiger partial charge in [-0.1, -0.05) is 54.0 Å². The number of hydrogen-bond donors (Lipinski definition) is 1. The van der Waals surface area contributed by atoms with E-state index in [-0.39, 0.29) is 17.1 Å². The first-order valence-corrected chi connectivity index (χ1v) is 10.2. The van der Waals surface area contributed by atoms with Gasteiger partial charge in [-0.05, 0) is 35.8 Å². The normalized spacial score (nSPS) is 29.8. The average Bonchev–Trinajstić information content (AvgIpc) is 3.00. The second-order valence-corrected chi connectivity index (χ2v) is 9.34. The molecule has 6 heteroatoms. The van der Waals surface area contributed by atoms with E-state index in [1.54, 1.807) is 18.8 Å². The molecule has 2 N–H and O–H groups in total. The van der Waals surface area contributed by atoms with E-state index in [0.717, 1.165) is 16.5 Å². The van der Waals surface area contributed by atoms with Crippen LogP contribution in [0.3, 0.4) is 0 Å². The van der Waals surface area contributed by atoms with Gasteiger partial charge in [-0.15, -0.1) is 11.8 Å². The summed E-state index contributed by atoms with van der Waals surface area (Å²) in [5, 5.41) is 2.27. The van der Waals surface area contributed by atoms with Gasteiger partial charge in [-0.3, -0.25) is 9.69 Å². The van der Waals surface area contributed by atoms with Gasteiger partial charge in [0.25, 0.3) is 0 Å². The lowest BCUT2D eigenvalue weighted by atomic mass is 9.75. The third-order valence-corrected chi connectivity index (χ3v) is 7.44. The zero-order valence-corrected chi connectivity index (χ0v) is 17.4. The summed E-state index contributed by atoms with van der Waals surface area (Å²) in [6.45, 7) is 6.40. The number of rotatable bonds is 3. The highest BCUT2D eigenvalue weighted by atomic mass is 79.9. The largest absolute Gasteiger partial charge is 0.369 e. The van der Waals surface area contributed by atoms with Crippen LogP contribution >= 0.6 is 27.7 Å². The highest BCUT2D eigenvalue weighted by Gasteiger charge is 2.51. The smallest absolute Gasteiger partial charge is 0.239 e. The zero-order chi connectivity index (χ0) is 18.4. The number of thioether (sulfide) groups is 1. The lowest BCUT2D eigenvalue weighted by Gasteiger charge is -2.43. The Morgan fingerprint density at radius 3 is 2.52 bits per heavy atom. The van der Waals surface area contributed by atoms with E-state index in [4.69, 9.17) is 10.7 Å².